The molecule has 0 aromatic rings. The standard InChI is InChI=1S/C13H30O3SSi/c1-2-13(7-5-3-4-6-8-17)9-18(10-14,11-15)12-16/h13-17H,2-12H2,1H3. The summed E-state index contributed by atoms with van der Waals surface area (Å²) >= 11 is 4.20. The number of rotatable bonds is 12. The molecule has 18 heavy (non-hydrogen) atoms. The smallest absolute Gasteiger partial charge is 0.140 e. The van der Waals surface area contributed by atoms with Crippen LogP contribution in [0, 0.1) is 5.92 Å². The van der Waals surface area contributed by atoms with E-state index in [-0.39, 0.29) is 18.7 Å². The van der Waals surface area contributed by atoms with Crippen LogP contribution in [0.3, 0.4) is 0 Å². The molecule has 0 aliphatic carbocycles. The zero-order valence-corrected chi connectivity index (χ0v) is 13.5. The first-order chi connectivity index (χ1) is 8.67. The Hall–Kier alpha value is 0.447. The lowest BCUT2D eigenvalue weighted by molar-refractivity contribution is 0.281. The Labute approximate surface area is 118 Å². The molecular formula is C13H30O3SSi. The maximum atomic E-state index is 9.40. The van der Waals surface area contributed by atoms with Crippen LogP contribution in [0.1, 0.15) is 45.4 Å². The van der Waals surface area contributed by atoms with Crippen molar-refractivity contribution in [2.75, 3.05) is 24.4 Å². The van der Waals surface area contributed by atoms with E-state index in [1.165, 1.54) is 25.7 Å². The van der Waals surface area contributed by atoms with Crippen LogP contribution >= 0.6 is 12.6 Å². The average Bonchev–Trinajstić information content (AvgIpc) is 2.43. The summed E-state index contributed by atoms with van der Waals surface area (Å²) in [5.74, 6) is 1.51. The number of hydrogen-bond donors (Lipinski definition) is 4. The summed E-state index contributed by atoms with van der Waals surface area (Å²) in [7, 11) is -2.22. The number of unbranched alkanes of at least 4 members (excludes halogenated alkanes) is 3. The van der Waals surface area contributed by atoms with Crippen LogP contribution in [0.4, 0.5) is 0 Å². The number of hydrogen-bond acceptors (Lipinski definition) is 4. The average molecular weight is 295 g/mol. The van der Waals surface area contributed by atoms with E-state index in [2.05, 4.69) is 19.6 Å². The van der Waals surface area contributed by atoms with E-state index in [9.17, 15) is 15.3 Å². The molecule has 1 unspecified atom stereocenters. The van der Waals surface area contributed by atoms with Gasteiger partial charge in [-0.1, -0.05) is 39.0 Å². The van der Waals surface area contributed by atoms with Crippen LogP contribution in [-0.4, -0.2) is 47.8 Å². The highest BCUT2D eigenvalue weighted by atomic mass is 32.1. The van der Waals surface area contributed by atoms with Crippen molar-refractivity contribution in [2.24, 2.45) is 5.92 Å². The van der Waals surface area contributed by atoms with Gasteiger partial charge < -0.3 is 15.3 Å². The largest absolute Gasteiger partial charge is 0.399 e. The van der Waals surface area contributed by atoms with Gasteiger partial charge in [-0.3, -0.25) is 0 Å². The van der Waals surface area contributed by atoms with Gasteiger partial charge in [0.15, 0.2) is 0 Å². The molecule has 0 fully saturated rings. The molecule has 5 heteroatoms. The van der Waals surface area contributed by atoms with E-state index in [4.69, 9.17) is 0 Å². The van der Waals surface area contributed by atoms with Gasteiger partial charge >= 0.3 is 0 Å². The van der Waals surface area contributed by atoms with Gasteiger partial charge in [-0.2, -0.15) is 12.6 Å². The fourth-order valence-corrected chi connectivity index (χ4v) is 4.93. The first-order valence-electron chi connectivity index (χ1n) is 7.11. The summed E-state index contributed by atoms with van der Waals surface area (Å²) in [5.41, 5.74) is 0. The Morgan fingerprint density at radius 1 is 0.944 bits per heavy atom. The molecule has 0 heterocycles. The molecule has 0 aliphatic rings. The quantitative estimate of drug-likeness (QED) is 0.253. The molecule has 0 aliphatic heterocycles. The molecule has 0 saturated carbocycles. The second-order valence-corrected chi connectivity index (χ2v) is 10.2. The van der Waals surface area contributed by atoms with Crippen molar-refractivity contribution in [3.63, 3.8) is 0 Å². The van der Waals surface area contributed by atoms with Gasteiger partial charge in [0, 0.05) is 18.7 Å². The lowest BCUT2D eigenvalue weighted by Crippen LogP contribution is -2.49. The maximum absolute atomic E-state index is 9.40. The molecular weight excluding hydrogens is 264 g/mol. The molecule has 0 amide bonds. The van der Waals surface area contributed by atoms with Crippen molar-refractivity contribution in [1.29, 1.82) is 0 Å². The minimum Gasteiger partial charge on any atom is -0.399 e. The monoisotopic (exact) mass is 294 g/mol. The van der Waals surface area contributed by atoms with Crippen LogP contribution in [0.5, 0.6) is 0 Å². The third-order valence-electron chi connectivity index (χ3n) is 3.83. The second kappa shape index (κ2) is 11.3. The Balaban J connectivity index is 4.00. The van der Waals surface area contributed by atoms with Crippen LogP contribution in [0.15, 0.2) is 0 Å². The summed E-state index contributed by atoms with van der Waals surface area (Å²) in [5, 5.41) is 28.2. The van der Waals surface area contributed by atoms with Crippen LogP contribution < -0.4 is 0 Å². The lowest BCUT2D eigenvalue weighted by atomic mass is 10.0. The van der Waals surface area contributed by atoms with Gasteiger partial charge in [0.1, 0.15) is 8.07 Å². The van der Waals surface area contributed by atoms with E-state index in [0.29, 0.717) is 5.92 Å². The van der Waals surface area contributed by atoms with E-state index >= 15 is 0 Å². The van der Waals surface area contributed by atoms with E-state index < -0.39 is 8.07 Å². The van der Waals surface area contributed by atoms with Gasteiger partial charge in [-0.15, -0.1) is 0 Å². The SMILES string of the molecule is CCC(CCCCCCS)C[Si](CO)(CO)CO. The molecule has 0 aromatic carbocycles. The highest BCUT2D eigenvalue weighted by Crippen LogP contribution is 2.24. The molecule has 0 aromatic heterocycles. The molecule has 1 atom stereocenters. The fraction of sp³-hybridized carbons (Fsp3) is 1.00. The lowest BCUT2D eigenvalue weighted by Gasteiger charge is -2.29. The van der Waals surface area contributed by atoms with Gasteiger partial charge in [-0.25, -0.2) is 0 Å². The molecule has 0 bridgehead atoms. The third-order valence-corrected chi connectivity index (χ3v) is 7.60. The van der Waals surface area contributed by atoms with Gasteiger partial charge in [0.05, 0.1) is 0 Å². The fourth-order valence-electron chi connectivity index (χ4n) is 2.30. The zero-order chi connectivity index (χ0) is 13.9. The van der Waals surface area contributed by atoms with Crippen LogP contribution in [0.25, 0.3) is 0 Å². The van der Waals surface area contributed by atoms with Gasteiger partial charge in [-0.05, 0) is 24.1 Å². The number of aliphatic hydroxyl groups is 3. The summed E-state index contributed by atoms with van der Waals surface area (Å²) < 4.78 is 0. The Morgan fingerprint density at radius 3 is 1.94 bits per heavy atom. The highest BCUT2D eigenvalue weighted by molar-refractivity contribution is 7.80. The Morgan fingerprint density at radius 2 is 1.50 bits per heavy atom. The minimum absolute atomic E-state index is 0.00382. The molecule has 3 nitrogen and oxygen atoms in total. The summed E-state index contributed by atoms with van der Waals surface area (Å²) in [6.45, 7) is 2.16. The molecule has 3 N–H and O–H groups in total. The first-order valence-corrected chi connectivity index (χ1v) is 10.6. The molecule has 0 saturated heterocycles. The predicted molar refractivity (Wildman–Crippen MR) is 82.5 cm³/mol. The van der Waals surface area contributed by atoms with E-state index in [1.54, 1.807) is 0 Å². The van der Waals surface area contributed by atoms with Crippen molar-refractivity contribution in [2.45, 2.75) is 51.5 Å². The number of thiol groups is 1. The Kier molecular flexibility index (Phi) is 11.6. The van der Waals surface area contributed by atoms with Crippen LogP contribution in [-0.2, 0) is 0 Å². The Bertz CT molecular complexity index is 181. The maximum Gasteiger partial charge on any atom is 0.140 e. The molecule has 110 valence electrons. The summed E-state index contributed by atoms with van der Waals surface area (Å²) in [4.78, 5) is 0. The van der Waals surface area contributed by atoms with Crippen molar-refractivity contribution in [1.82, 2.24) is 0 Å². The third kappa shape index (κ3) is 7.14. The highest BCUT2D eigenvalue weighted by Gasteiger charge is 2.33. The van der Waals surface area contributed by atoms with Gasteiger partial charge in [0.25, 0.3) is 0 Å². The molecule has 0 spiro atoms. The first kappa shape index (κ1) is 18.4. The molecule has 0 rings (SSSR count). The van der Waals surface area contributed by atoms with Crippen molar-refractivity contribution < 1.29 is 15.3 Å². The van der Waals surface area contributed by atoms with Crippen molar-refractivity contribution in [3.8, 4) is 0 Å². The normalized spacial score (nSPS) is 13.8. The van der Waals surface area contributed by atoms with Crippen LogP contribution in [0.2, 0.25) is 6.04 Å². The second-order valence-electron chi connectivity index (χ2n) is 5.38. The minimum atomic E-state index is -2.22. The number of aliphatic hydroxyl groups excluding tert-OH is 3. The zero-order valence-electron chi connectivity index (χ0n) is 11.6. The molecule has 0 radical (unpaired) electrons. The topological polar surface area (TPSA) is 60.7 Å². The van der Waals surface area contributed by atoms with Crippen molar-refractivity contribution >= 4 is 20.7 Å². The summed E-state index contributed by atoms with van der Waals surface area (Å²) in [6, 6.07) is 0.847. The van der Waals surface area contributed by atoms with Crippen molar-refractivity contribution in [3.05, 3.63) is 0 Å². The van der Waals surface area contributed by atoms with Gasteiger partial charge in [0.2, 0.25) is 0 Å². The predicted octanol–water partition coefficient (Wildman–Crippen LogP) is 1.94. The van der Waals surface area contributed by atoms with E-state index in [0.717, 1.165) is 24.6 Å². The van der Waals surface area contributed by atoms with E-state index in [1.807, 2.05) is 0 Å². The summed E-state index contributed by atoms with van der Waals surface area (Å²) in [6.07, 6.45) is 7.08.